The maximum atomic E-state index is 12.5. The number of amides is 2. The number of hydrogen-bond acceptors (Lipinski definition) is 5. The van der Waals surface area contributed by atoms with E-state index in [2.05, 4.69) is 10.3 Å². The fraction of sp³-hybridized carbons (Fsp3) is 0.348. The van der Waals surface area contributed by atoms with Crippen LogP contribution in [0.25, 0.3) is 6.08 Å². The molecule has 0 bridgehead atoms. The second-order valence-corrected chi connectivity index (χ2v) is 7.16. The number of piperidine rings is 1. The number of likely N-dealkylation sites (tertiary alicyclic amines) is 1. The number of carbonyl (C=O) groups is 2. The van der Waals surface area contributed by atoms with Crippen molar-refractivity contribution < 1.29 is 19.1 Å². The highest BCUT2D eigenvalue weighted by Gasteiger charge is 2.23. The van der Waals surface area contributed by atoms with Gasteiger partial charge in [-0.3, -0.25) is 14.6 Å². The topological polar surface area (TPSA) is 80.8 Å². The van der Waals surface area contributed by atoms with Crippen molar-refractivity contribution in [3.8, 4) is 11.5 Å². The van der Waals surface area contributed by atoms with Gasteiger partial charge in [0.15, 0.2) is 11.5 Å². The smallest absolute Gasteiger partial charge is 0.253 e. The molecule has 2 aromatic rings. The lowest BCUT2D eigenvalue weighted by molar-refractivity contribution is -0.116. The average Bonchev–Trinajstić information content (AvgIpc) is 2.81. The predicted octanol–water partition coefficient (Wildman–Crippen LogP) is 2.78. The minimum absolute atomic E-state index is 0.0396. The van der Waals surface area contributed by atoms with Crippen LogP contribution in [0.1, 0.15) is 28.8 Å². The SMILES string of the molecule is COc1ccc(/C=C/C(=O)NCC2CCN(C(=O)c3ccncc3)CC2)cc1OC. The fourth-order valence-corrected chi connectivity index (χ4v) is 3.45. The Morgan fingerprint density at radius 2 is 1.80 bits per heavy atom. The number of hydrogen-bond donors (Lipinski definition) is 1. The molecule has 7 nitrogen and oxygen atoms in total. The molecule has 1 N–H and O–H groups in total. The lowest BCUT2D eigenvalue weighted by Crippen LogP contribution is -2.41. The molecule has 0 saturated carbocycles. The molecular weight excluding hydrogens is 382 g/mol. The molecule has 0 radical (unpaired) electrons. The molecule has 0 atom stereocenters. The summed E-state index contributed by atoms with van der Waals surface area (Å²) in [5, 5.41) is 2.96. The second-order valence-electron chi connectivity index (χ2n) is 7.16. The number of benzene rings is 1. The third-order valence-electron chi connectivity index (χ3n) is 5.23. The van der Waals surface area contributed by atoms with E-state index in [0.29, 0.717) is 42.6 Å². The van der Waals surface area contributed by atoms with E-state index in [1.165, 1.54) is 6.08 Å². The first-order valence-electron chi connectivity index (χ1n) is 9.98. The minimum Gasteiger partial charge on any atom is -0.493 e. The first-order valence-corrected chi connectivity index (χ1v) is 9.98. The van der Waals surface area contributed by atoms with E-state index >= 15 is 0 Å². The molecule has 3 rings (SSSR count). The van der Waals surface area contributed by atoms with Gasteiger partial charge in [-0.05, 0) is 54.7 Å². The van der Waals surface area contributed by atoms with Crippen LogP contribution >= 0.6 is 0 Å². The first kappa shape index (κ1) is 21.4. The van der Waals surface area contributed by atoms with Gasteiger partial charge in [0.05, 0.1) is 14.2 Å². The number of nitrogens with zero attached hydrogens (tertiary/aromatic N) is 2. The molecule has 0 unspecified atom stereocenters. The number of nitrogens with one attached hydrogen (secondary N) is 1. The molecule has 1 aromatic heterocycles. The minimum atomic E-state index is -0.139. The van der Waals surface area contributed by atoms with Crippen molar-refractivity contribution in [3.63, 3.8) is 0 Å². The Morgan fingerprint density at radius 1 is 1.10 bits per heavy atom. The highest BCUT2D eigenvalue weighted by atomic mass is 16.5. The summed E-state index contributed by atoms with van der Waals surface area (Å²) in [6.45, 7) is 2.00. The Kier molecular flexibility index (Phi) is 7.43. The zero-order valence-corrected chi connectivity index (χ0v) is 17.3. The molecule has 0 spiro atoms. The number of carbonyl (C=O) groups excluding carboxylic acids is 2. The van der Waals surface area contributed by atoms with E-state index in [9.17, 15) is 9.59 Å². The summed E-state index contributed by atoms with van der Waals surface area (Å²) in [7, 11) is 3.16. The molecule has 1 aliphatic rings. The number of methoxy groups -OCH3 is 2. The first-order chi connectivity index (χ1) is 14.6. The van der Waals surface area contributed by atoms with Gasteiger partial charge in [-0.1, -0.05) is 6.07 Å². The molecule has 2 heterocycles. The van der Waals surface area contributed by atoms with Crippen molar-refractivity contribution in [1.82, 2.24) is 15.2 Å². The maximum absolute atomic E-state index is 12.5. The molecule has 2 amide bonds. The molecule has 1 aromatic carbocycles. The van der Waals surface area contributed by atoms with E-state index in [1.807, 2.05) is 17.0 Å². The van der Waals surface area contributed by atoms with Crippen LogP contribution in [0.4, 0.5) is 0 Å². The van der Waals surface area contributed by atoms with Crippen LogP contribution < -0.4 is 14.8 Å². The van der Waals surface area contributed by atoms with Crippen LogP contribution in [0.15, 0.2) is 48.8 Å². The molecule has 7 heteroatoms. The van der Waals surface area contributed by atoms with E-state index < -0.39 is 0 Å². The van der Waals surface area contributed by atoms with E-state index in [1.54, 1.807) is 50.9 Å². The highest BCUT2D eigenvalue weighted by Crippen LogP contribution is 2.28. The number of ether oxygens (including phenoxy) is 2. The third kappa shape index (κ3) is 5.59. The molecule has 1 aliphatic heterocycles. The van der Waals surface area contributed by atoms with Crippen LogP contribution in [0, 0.1) is 5.92 Å². The second kappa shape index (κ2) is 10.4. The Hall–Kier alpha value is -3.35. The third-order valence-corrected chi connectivity index (χ3v) is 5.23. The summed E-state index contributed by atoms with van der Waals surface area (Å²) in [5.74, 6) is 1.53. The van der Waals surface area contributed by atoms with Gasteiger partial charge < -0.3 is 19.7 Å². The van der Waals surface area contributed by atoms with Crippen molar-refractivity contribution in [2.75, 3.05) is 33.9 Å². The van der Waals surface area contributed by atoms with Gasteiger partial charge in [0.1, 0.15) is 0 Å². The van der Waals surface area contributed by atoms with Crippen molar-refractivity contribution in [1.29, 1.82) is 0 Å². The van der Waals surface area contributed by atoms with Gasteiger partial charge in [0.2, 0.25) is 5.91 Å². The quantitative estimate of drug-likeness (QED) is 0.712. The van der Waals surface area contributed by atoms with Crippen molar-refractivity contribution >= 4 is 17.9 Å². The fourth-order valence-electron chi connectivity index (χ4n) is 3.45. The Bertz CT molecular complexity index is 891. The van der Waals surface area contributed by atoms with Gasteiger partial charge in [-0.15, -0.1) is 0 Å². The van der Waals surface area contributed by atoms with Gasteiger partial charge in [-0.25, -0.2) is 0 Å². The van der Waals surface area contributed by atoms with Crippen LogP contribution in [0.2, 0.25) is 0 Å². The summed E-state index contributed by atoms with van der Waals surface area (Å²) in [4.78, 5) is 30.5. The number of rotatable bonds is 7. The van der Waals surface area contributed by atoms with Gasteiger partial charge in [0, 0.05) is 43.7 Å². The lowest BCUT2D eigenvalue weighted by Gasteiger charge is -2.32. The average molecular weight is 409 g/mol. The van der Waals surface area contributed by atoms with Gasteiger partial charge in [-0.2, -0.15) is 0 Å². The normalized spacial score (nSPS) is 14.5. The summed E-state index contributed by atoms with van der Waals surface area (Å²) in [6.07, 6.45) is 8.26. The van der Waals surface area contributed by atoms with Gasteiger partial charge in [0.25, 0.3) is 5.91 Å². The monoisotopic (exact) mass is 409 g/mol. The van der Waals surface area contributed by atoms with Crippen molar-refractivity contribution in [2.45, 2.75) is 12.8 Å². The lowest BCUT2D eigenvalue weighted by atomic mass is 9.96. The molecule has 158 valence electrons. The Balaban J connectivity index is 1.44. The summed E-state index contributed by atoms with van der Waals surface area (Å²) < 4.78 is 10.5. The molecule has 30 heavy (non-hydrogen) atoms. The molecule has 1 fully saturated rings. The molecule has 0 aliphatic carbocycles. The van der Waals surface area contributed by atoms with Crippen LogP contribution in [0.3, 0.4) is 0 Å². The van der Waals surface area contributed by atoms with Crippen molar-refractivity contribution in [3.05, 3.63) is 59.9 Å². The summed E-state index contributed by atoms with van der Waals surface area (Å²) in [5.41, 5.74) is 1.52. The maximum Gasteiger partial charge on any atom is 0.253 e. The van der Waals surface area contributed by atoms with E-state index in [0.717, 1.165) is 18.4 Å². The number of pyridine rings is 1. The highest BCUT2D eigenvalue weighted by molar-refractivity contribution is 5.94. The van der Waals surface area contributed by atoms with Crippen molar-refractivity contribution in [2.24, 2.45) is 5.92 Å². The predicted molar refractivity (Wildman–Crippen MR) is 114 cm³/mol. The standard InChI is InChI=1S/C23H27N3O4/c1-29-20-5-3-17(15-21(20)30-2)4-6-22(27)25-16-18-9-13-26(14-10-18)23(28)19-7-11-24-12-8-19/h3-8,11-12,15,18H,9-10,13-14,16H2,1-2H3,(H,25,27)/b6-4+. The Labute approximate surface area is 176 Å². The zero-order chi connectivity index (χ0) is 21.3. The number of aromatic nitrogens is 1. The zero-order valence-electron chi connectivity index (χ0n) is 17.3. The van der Waals surface area contributed by atoms with Gasteiger partial charge >= 0.3 is 0 Å². The summed E-state index contributed by atoms with van der Waals surface area (Å²) >= 11 is 0. The van der Waals surface area contributed by atoms with E-state index in [-0.39, 0.29) is 11.8 Å². The molecular formula is C23H27N3O4. The van der Waals surface area contributed by atoms with Crippen LogP contribution in [0.5, 0.6) is 11.5 Å². The molecule has 1 saturated heterocycles. The van der Waals surface area contributed by atoms with Crippen LogP contribution in [-0.4, -0.2) is 55.6 Å². The van der Waals surface area contributed by atoms with Crippen LogP contribution in [-0.2, 0) is 4.79 Å². The largest absolute Gasteiger partial charge is 0.493 e. The summed E-state index contributed by atoms with van der Waals surface area (Å²) in [6, 6.07) is 8.95. The Morgan fingerprint density at radius 3 is 2.47 bits per heavy atom. The van der Waals surface area contributed by atoms with E-state index in [4.69, 9.17) is 9.47 Å².